The fourth-order valence-corrected chi connectivity index (χ4v) is 3.15. The second kappa shape index (κ2) is 6.33. The van der Waals surface area contributed by atoms with Crippen LogP contribution in [0.4, 0.5) is 5.82 Å². The lowest BCUT2D eigenvalue weighted by atomic mass is 10.1. The summed E-state index contributed by atoms with van der Waals surface area (Å²) in [4.78, 5) is 2.04. The molecule has 0 saturated carbocycles. The number of aliphatic hydroxyl groups is 1. The number of β-amino-alcohol motifs (C(OH)–C–C–N with tert-alkyl or cyclic N) is 1. The van der Waals surface area contributed by atoms with Gasteiger partial charge in [0.15, 0.2) is 5.82 Å². The van der Waals surface area contributed by atoms with Gasteiger partial charge in [-0.15, -0.1) is 5.10 Å². The molecule has 0 unspecified atom stereocenters. The molecule has 7 heteroatoms. The number of aliphatic hydroxyl groups excluding tert-OH is 1. The Morgan fingerprint density at radius 2 is 2.20 bits per heavy atom. The molecule has 3 aromatic rings. The predicted molar refractivity (Wildman–Crippen MR) is 95.7 cm³/mol. The van der Waals surface area contributed by atoms with Gasteiger partial charge in [-0.3, -0.25) is 5.10 Å². The SMILES string of the molecule is CC(C)Oc1ccc2[nH]nc(-c3cnnc(N4CC[C@@H](O)C4)c3)c2c1. The van der Waals surface area contributed by atoms with E-state index in [1.165, 1.54) is 0 Å². The first kappa shape index (κ1) is 15.8. The molecule has 130 valence electrons. The Hall–Kier alpha value is -2.67. The van der Waals surface area contributed by atoms with Crippen molar-refractivity contribution in [3.63, 3.8) is 0 Å². The Kier molecular flexibility index (Phi) is 4.01. The van der Waals surface area contributed by atoms with Crippen molar-refractivity contribution in [1.29, 1.82) is 0 Å². The van der Waals surface area contributed by atoms with E-state index >= 15 is 0 Å². The van der Waals surface area contributed by atoms with Crippen LogP contribution in [0.2, 0.25) is 0 Å². The van der Waals surface area contributed by atoms with Crippen LogP contribution in [-0.2, 0) is 0 Å². The zero-order valence-corrected chi connectivity index (χ0v) is 14.3. The lowest BCUT2D eigenvalue weighted by Crippen LogP contribution is -2.22. The molecule has 7 nitrogen and oxygen atoms in total. The Morgan fingerprint density at radius 1 is 1.32 bits per heavy atom. The van der Waals surface area contributed by atoms with Gasteiger partial charge in [0.1, 0.15) is 11.4 Å². The van der Waals surface area contributed by atoms with Crippen LogP contribution in [0, 0.1) is 0 Å². The maximum absolute atomic E-state index is 9.74. The molecule has 4 rings (SSSR count). The average molecular weight is 339 g/mol. The zero-order valence-electron chi connectivity index (χ0n) is 14.3. The minimum Gasteiger partial charge on any atom is -0.491 e. The summed E-state index contributed by atoms with van der Waals surface area (Å²) < 4.78 is 5.79. The van der Waals surface area contributed by atoms with Gasteiger partial charge in [0, 0.05) is 24.0 Å². The smallest absolute Gasteiger partial charge is 0.151 e. The Balaban J connectivity index is 1.71. The summed E-state index contributed by atoms with van der Waals surface area (Å²) in [5.41, 5.74) is 2.65. The number of anilines is 1. The molecule has 2 aromatic heterocycles. The number of nitrogens with one attached hydrogen (secondary N) is 1. The molecular weight excluding hydrogens is 318 g/mol. The molecule has 2 N–H and O–H groups in total. The highest BCUT2D eigenvalue weighted by Gasteiger charge is 2.22. The summed E-state index contributed by atoms with van der Waals surface area (Å²) in [7, 11) is 0. The Labute approximate surface area is 145 Å². The van der Waals surface area contributed by atoms with Gasteiger partial charge in [-0.1, -0.05) is 0 Å². The van der Waals surface area contributed by atoms with Crippen molar-refractivity contribution < 1.29 is 9.84 Å². The van der Waals surface area contributed by atoms with Crippen molar-refractivity contribution in [3.8, 4) is 17.0 Å². The van der Waals surface area contributed by atoms with Crippen molar-refractivity contribution in [2.24, 2.45) is 0 Å². The molecular formula is C18H21N5O2. The topological polar surface area (TPSA) is 87.2 Å². The molecule has 0 spiro atoms. The second-order valence-corrected chi connectivity index (χ2v) is 6.64. The van der Waals surface area contributed by atoms with E-state index in [-0.39, 0.29) is 12.2 Å². The van der Waals surface area contributed by atoms with E-state index < -0.39 is 0 Å². The van der Waals surface area contributed by atoms with Gasteiger partial charge in [0.05, 0.1) is 23.9 Å². The van der Waals surface area contributed by atoms with Gasteiger partial charge in [0.25, 0.3) is 0 Å². The van der Waals surface area contributed by atoms with Crippen LogP contribution in [0.5, 0.6) is 5.75 Å². The largest absolute Gasteiger partial charge is 0.491 e. The van der Waals surface area contributed by atoms with E-state index in [2.05, 4.69) is 20.4 Å². The number of aromatic amines is 1. The second-order valence-electron chi connectivity index (χ2n) is 6.64. The molecule has 1 fully saturated rings. The summed E-state index contributed by atoms with van der Waals surface area (Å²) in [6.07, 6.45) is 2.28. The third kappa shape index (κ3) is 3.15. The fourth-order valence-electron chi connectivity index (χ4n) is 3.15. The number of hydrogen-bond donors (Lipinski definition) is 2. The van der Waals surface area contributed by atoms with Gasteiger partial charge in [-0.05, 0) is 44.5 Å². The summed E-state index contributed by atoms with van der Waals surface area (Å²) in [6, 6.07) is 7.87. The molecule has 1 atom stereocenters. The minimum atomic E-state index is -0.299. The van der Waals surface area contributed by atoms with E-state index in [4.69, 9.17) is 4.74 Å². The highest BCUT2D eigenvalue weighted by atomic mass is 16.5. The van der Waals surface area contributed by atoms with Crippen LogP contribution in [0.25, 0.3) is 22.2 Å². The van der Waals surface area contributed by atoms with Gasteiger partial charge < -0.3 is 14.7 Å². The number of H-pyrrole nitrogens is 1. The van der Waals surface area contributed by atoms with E-state index in [1.54, 1.807) is 6.20 Å². The quantitative estimate of drug-likeness (QED) is 0.759. The highest BCUT2D eigenvalue weighted by molar-refractivity contribution is 5.93. The first-order chi connectivity index (χ1) is 12.1. The molecule has 3 heterocycles. The average Bonchev–Trinajstić information content (AvgIpc) is 3.20. The number of fused-ring (bicyclic) bond motifs is 1. The molecule has 0 aliphatic carbocycles. The van der Waals surface area contributed by atoms with Gasteiger partial charge in [-0.25, -0.2) is 0 Å². The summed E-state index contributed by atoms with van der Waals surface area (Å²) in [5.74, 6) is 1.58. The first-order valence-electron chi connectivity index (χ1n) is 8.51. The molecule has 1 aliphatic heterocycles. The lowest BCUT2D eigenvalue weighted by molar-refractivity contribution is 0.198. The molecule has 1 aliphatic rings. The fraction of sp³-hybridized carbons (Fsp3) is 0.389. The van der Waals surface area contributed by atoms with Crippen molar-refractivity contribution in [2.75, 3.05) is 18.0 Å². The summed E-state index contributed by atoms with van der Waals surface area (Å²) in [5, 5.41) is 26.6. The number of aromatic nitrogens is 4. The van der Waals surface area contributed by atoms with Crippen molar-refractivity contribution >= 4 is 16.7 Å². The maximum Gasteiger partial charge on any atom is 0.151 e. The number of benzene rings is 1. The zero-order chi connectivity index (χ0) is 17.4. The van der Waals surface area contributed by atoms with Gasteiger partial charge in [-0.2, -0.15) is 10.2 Å². The molecule has 0 amide bonds. The normalized spacial score (nSPS) is 17.6. The standard InChI is InChI=1S/C18H21N5O2/c1-11(2)25-14-3-4-16-15(8-14)18(22-20-16)12-7-17(21-19-9-12)23-6-5-13(24)10-23/h3-4,7-9,11,13,24H,5-6,10H2,1-2H3,(H,20,22)/t13-/m1/s1. The van der Waals surface area contributed by atoms with Crippen LogP contribution >= 0.6 is 0 Å². The molecule has 0 radical (unpaired) electrons. The van der Waals surface area contributed by atoms with Crippen molar-refractivity contribution in [1.82, 2.24) is 20.4 Å². The number of rotatable bonds is 4. The van der Waals surface area contributed by atoms with Crippen LogP contribution in [0.3, 0.4) is 0 Å². The Morgan fingerprint density at radius 3 is 2.96 bits per heavy atom. The monoisotopic (exact) mass is 339 g/mol. The molecule has 0 bridgehead atoms. The van der Waals surface area contributed by atoms with Crippen LogP contribution < -0.4 is 9.64 Å². The predicted octanol–water partition coefficient (Wildman–Crippen LogP) is 2.38. The lowest BCUT2D eigenvalue weighted by Gasteiger charge is -2.16. The number of hydrogen-bond acceptors (Lipinski definition) is 6. The highest BCUT2D eigenvalue weighted by Crippen LogP contribution is 2.31. The van der Waals surface area contributed by atoms with E-state index in [1.807, 2.05) is 43.0 Å². The third-order valence-corrected chi connectivity index (χ3v) is 4.31. The maximum atomic E-state index is 9.74. The molecule has 1 saturated heterocycles. The van der Waals surface area contributed by atoms with E-state index in [9.17, 15) is 5.11 Å². The first-order valence-corrected chi connectivity index (χ1v) is 8.51. The van der Waals surface area contributed by atoms with E-state index in [0.717, 1.165) is 46.7 Å². The summed E-state index contributed by atoms with van der Waals surface area (Å²) in [6.45, 7) is 5.38. The summed E-state index contributed by atoms with van der Waals surface area (Å²) >= 11 is 0. The minimum absolute atomic E-state index is 0.114. The van der Waals surface area contributed by atoms with Gasteiger partial charge in [0.2, 0.25) is 0 Å². The van der Waals surface area contributed by atoms with Crippen LogP contribution in [-0.4, -0.2) is 50.8 Å². The number of ether oxygens (including phenoxy) is 1. The van der Waals surface area contributed by atoms with Crippen molar-refractivity contribution in [2.45, 2.75) is 32.5 Å². The third-order valence-electron chi connectivity index (χ3n) is 4.31. The Bertz CT molecular complexity index is 892. The van der Waals surface area contributed by atoms with Crippen molar-refractivity contribution in [3.05, 3.63) is 30.5 Å². The van der Waals surface area contributed by atoms with E-state index in [0.29, 0.717) is 6.54 Å². The van der Waals surface area contributed by atoms with Crippen LogP contribution in [0.15, 0.2) is 30.5 Å². The molecule has 1 aromatic carbocycles. The van der Waals surface area contributed by atoms with Crippen LogP contribution in [0.1, 0.15) is 20.3 Å². The van der Waals surface area contributed by atoms with Gasteiger partial charge >= 0.3 is 0 Å². The molecule has 25 heavy (non-hydrogen) atoms. The number of nitrogens with zero attached hydrogens (tertiary/aromatic N) is 4.